The molecule has 1 aromatic carbocycles. The zero-order chi connectivity index (χ0) is 13.9. The van der Waals surface area contributed by atoms with Crippen molar-refractivity contribution in [2.75, 3.05) is 33.4 Å². The second-order valence-corrected chi connectivity index (χ2v) is 5.69. The van der Waals surface area contributed by atoms with Crippen molar-refractivity contribution in [3.8, 4) is 5.75 Å². The van der Waals surface area contributed by atoms with Crippen molar-refractivity contribution in [1.82, 2.24) is 4.90 Å². The molecule has 1 fully saturated rings. The van der Waals surface area contributed by atoms with Gasteiger partial charge in [0.05, 0.1) is 12.7 Å². The van der Waals surface area contributed by atoms with Crippen molar-refractivity contribution in [2.24, 2.45) is 5.73 Å². The zero-order valence-electron chi connectivity index (χ0n) is 12.2. The zero-order valence-corrected chi connectivity index (χ0v) is 12.2. The minimum atomic E-state index is 0.318. The van der Waals surface area contributed by atoms with E-state index < -0.39 is 0 Å². The lowest BCUT2D eigenvalue weighted by Crippen LogP contribution is -2.41. The number of piperidine rings is 1. The summed E-state index contributed by atoms with van der Waals surface area (Å²) in [5.41, 5.74) is 8.70. The quantitative estimate of drug-likeness (QED) is 0.910. The highest BCUT2D eigenvalue weighted by molar-refractivity contribution is 5.41. The lowest BCUT2D eigenvalue weighted by Gasteiger charge is -2.37. The predicted molar refractivity (Wildman–Crippen MR) is 79.0 cm³/mol. The van der Waals surface area contributed by atoms with Crippen LogP contribution < -0.4 is 10.5 Å². The van der Waals surface area contributed by atoms with Crippen LogP contribution in [0.3, 0.4) is 0 Å². The first-order valence-corrected chi connectivity index (χ1v) is 7.54. The molecular formula is C16H24N2O2. The fourth-order valence-corrected chi connectivity index (χ4v) is 3.33. The van der Waals surface area contributed by atoms with Gasteiger partial charge in [-0.2, -0.15) is 0 Å². The maximum atomic E-state index is 6.04. The standard InChI is InChI=1S/C16H24N2O2/c1-19-14-4-7-18(8-5-14)15(11-17)12-2-3-16-13(10-12)6-9-20-16/h2-3,10,14-15H,4-9,11,17H2,1H3. The molecule has 0 amide bonds. The van der Waals surface area contributed by atoms with Crippen LogP contribution in [0.15, 0.2) is 18.2 Å². The molecule has 0 spiro atoms. The van der Waals surface area contributed by atoms with E-state index in [9.17, 15) is 0 Å². The van der Waals surface area contributed by atoms with Gasteiger partial charge in [-0.1, -0.05) is 12.1 Å². The lowest BCUT2D eigenvalue weighted by molar-refractivity contribution is 0.0280. The molecule has 0 aliphatic carbocycles. The third-order valence-electron chi connectivity index (χ3n) is 4.57. The van der Waals surface area contributed by atoms with Crippen molar-refractivity contribution in [3.05, 3.63) is 29.3 Å². The van der Waals surface area contributed by atoms with Crippen LogP contribution in [0.4, 0.5) is 0 Å². The van der Waals surface area contributed by atoms with Gasteiger partial charge in [0, 0.05) is 39.2 Å². The van der Waals surface area contributed by atoms with E-state index in [-0.39, 0.29) is 0 Å². The Morgan fingerprint density at radius 2 is 2.20 bits per heavy atom. The van der Waals surface area contributed by atoms with Gasteiger partial charge < -0.3 is 15.2 Å². The number of hydrogen-bond acceptors (Lipinski definition) is 4. The van der Waals surface area contributed by atoms with Crippen LogP contribution in [0.25, 0.3) is 0 Å². The van der Waals surface area contributed by atoms with Gasteiger partial charge in [-0.25, -0.2) is 0 Å². The molecule has 0 saturated carbocycles. The van der Waals surface area contributed by atoms with E-state index in [2.05, 4.69) is 23.1 Å². The number of hydrogen-bond donors (Lipinski definition) is 1. The number of likely N-dealkylation sites (tertiary alicyclic amines) is 1. The average Bonchev–Trinajstić information content (AvgIpc) is 2.96. The molecule has 4 nitrogen and oxygen atoms in total. The van der Waals surface area contributed by atoms with Crippen molar-refractivity contribution in [1.29, 1.82) is 0 Å². The summed E-state index contributed by atoms with van der Waals surface area (Å²) >= 11 is 0. The molecule has 4 heteroatoms. The fourth-order valence-electron chi connectivity index (χ4n) is 3.33. The van der Waals surface area contributed by atoms with Gasteiger partial charge in [-0.15, -0.1) is 0 Å². The number of benzene rings is 1. The molecule has 1 atom stereocenters. The van der Waals surface area contributed by atoms with E-state index in [4.69, 9.17) is 15.2 Å². The summed E-state index contributed by atoms with van der Waals surface area (Å²) < 4.78 is 11.0. The van der Waals surface area contributed by atoms with Gasteiger partial charge in [0.2, 0.25) is 0 Å². The van der Waals surface area contributed by atoms with Crippen LogP contribution in [-0.4, -0.2) is 44.4 Å². The van der Waals surface area contributed by atoms with Crippen molar-refractivity contribution < 1.29 is 9.47 Å². The molecule has 3 rings (SSSR count). The van der Waals surface area contributed by atoms with E-state index in [1.807, 2.05) is 0 Å². The highest BCUT2D eigenvalue weighted by atomic mass is 16.5. The maximum Gasteiger partial charge on any atom is 0.122 e. The molecule has 1 unspecified atom stereocenters. The summed E-state index contributed by atoms with van der Waals surface area (Å²) in [5.74, 6) is 1.04. The molecule has 2 aliphatic heterocycles. The van der Waals surface area contributed by atoms with Crippen LogP contribution in [0, 0.1) is 0 Å². The largest absolute Gasteiger partial charge is 0.493 e. The van der Waals surface area contributed by atoms with Gasteiger partial charge in [0.15, 0.2) is 0 Å². The molecule has 2 N–H and O–H groups in total. The Morgan fingerprint density at radius 3 is 2.90 bits per heavy atom. The van der Waals surface area contributed by atoms with E-state index in [0.717, 1.165) is 44.7 Å². The predicted octanol–water partition coefficient (Wildman–Crippen LogP) is 1.73. The summed E-state index contributed by atoms with van der Waals surface area (Å²) in [6.45, 7) is 3.60. The second-order valence-electron chi connectivity index (χ2n) is 5.69. The molecule has 2 heterocycles. The van der Waals surface area contributed by atoms with Crippen LogP contribution in [0.5, 0.6) is 5.75 Å². The van der Waals surface area contributed by atoms with Crippen LogP contribution >= 0.6 is 0 Å². The first-order valence-electron chi connectivity index (χ1n) is 7.54. The lowest BCUT2D eigenvalue weighted by atomic mass is 9.98. The highest BCUT2D eigenvalue weighted by Gasteiger charge is 2.26. The Balaban J connectivity index is 1.73. The van der Waals surface area contributed by atoms with Crippen molar-refractivity contribution in [3.63, 3.8) is 0 Å². The van der Waals surface area contributed by atoms with Crippen molar-refractivity contribution in [2.45, 2.75) is 31.4 Å². The minimum absolute atomic E-state index is 0.318. The topological polar surface area (TPSA) is 47.7 Å². The molecular weight excluding hydrogens is 252 g/mol. The average molecular weight is 276 g/mol. The fraction of sp³-hybridized carbons (Fsp3) is 0.625. The molecule has 0 bridgehead atoms. The molecule has 1 saturated heterocycles. The third-order valence-corrected chi connectivity index (χ3v) is 4.57. The Labute approximate surface area is 120 Å². The van der Waals surface area contributed by atoms with Gasteiger partial charge >= 0.3 is 0 Å². The van der Waals surface area contributed by atoms with Gasteiger partial charge in [-0.05, 0) is 30.0 Å². The Bertz CT molecular complexity index is 456. The molecule has 2 aliphatic rings. The molecule has 20 heavy (non-hydrogen) atoms. The van der Waals surface area contributed by atoms with Crippen LogP contribution in [0.2, 0.25) is 0 Å². The highest BCUT2D eigenvalue weighted by Crippen LogP contribution is 2.31. The summed E-state index contributed by atoms with van der Waals surface area (Å²) in [5, 5.41) is 0. The summed E-state index contributed by atoms with van der Waals surface area (Å²) in [6.07, 6.45) is 3.63. The van der Waals surface area contributed by atoms with Crippen LogP contribution in [-0.2, 0) is 11.2 Å². The van der Waals surface area contributed by atoms with E-state index in [1.165, 1.54) is 11.1 Å². The summed E-state index contributed by atoms with van der Waals surface area (Å²) in [6, 6.07) is 6.87. The smallest absolute Gasteiger partial charge is 0.122 e. The van der Waals surface area contributed by atoms with Gasteiger partial charge in [0.1, 0.15) is 5.75 Å². The third kappa shape index (κ3) is 2.68. The maximum absolute atomic E-state index is 6.04. The second kappa shape index (κ2) is 6.12. The Kier molecular flexibility index (Phi) is 4.24. The molecule has 110 valence electrons. The van der Waals surface area contributed by atoms with E-state index in [1.54, 1.807) is 7.11 Å². The first-order chi connectivity index (χ1) is 9.81. The van der Waals surface area contributed by atoms with E-state index in [0.29, 0.717) is 18.7 Å². The summed E-state index contributed by atoms with van der Waals surface area (Å²) in [7, 11) is 1.81. The number of methoxy groups -OCH3 is 1. The minimum Gasteiger partial charge on any atom is -0.493 e. The molecule has 1 aromatic rings. The Morgan fingerprint density at radius 1 is 1.40 bits per heavy atom. The summed E-state index contributed by atoms with van der Waals surface area (Å²) in [4.78, 5) is 2.49. The SMILES string of the molecule is COC1CCN(C(CN)c2ccc3c(c2)CCO3)CC1. The normalized spacial score (nSPS) is 21.5. The number of ether oxygens (including phenoxy) is 2. The number of nitrogens with zero attached hydrogens (tertiary/aromatic N) is 1. The Hall–Kier alpha value is -1.10. The van der Waals surface area contributed by atoms with Crippen molar-refractivity contribution >= 4 is 0 Å². The van der Waals surface area contributed by atoms with E-state index >= 15 is 0 Å². The van der Waals surface area contributed by atoms with Crippen LogP contribution in [0.1, 0.15) is 30.0 Å². The number of fused-ring (bicyclic) bond motifs is 1. The monoisotopic (exact) mass is 276 g/mol. The van der Waals surface area contributed by atoms with Gasteiger partial charge in [0.25, 0.3) is 0 Å². The number of nitrogens with two attached hydrogens (primary N) is 1. The van der Waals surface area contributed by atoms with Gasteiger partial charge in [-0.3, -0.25) is 4.90 Å². The molecule has 0 aromatic heterocycles. The number of rotatable bonds is 4. The molecule has 0 radical (unpaired) electrons. The first kappa shape index (κ1) is 13.9.